The number of carbonyl (C=O) groups excluding carboxylic acids is 2. The number of hydrogen-bond donors (Lipinski definition) is 0. The van der Waals surface area contributed by atoms with Gasteiger partial charge in [-0.3, -0.25) is 9.59 Å². The van der Waals surface area contributed by atoms with Gasteiger partial charge in [-0.25, -0.2) is 8.78 Å². The highest BCUT2D eigenvalue weighted by atomic mass is 19.1. The third kappa shape index (κ3) is 11.2. The molecule has 66 heavy (non-hydrogen) atoms. The van der Waals surface area contributed by atoms with E-state index in [1.807, 2.05) is 109 Å². The third-order valence-corrected chi connectivity index (χ3v) is 12.1. The van der Waals surface area contributed by atoms with E-state index in [-0.39, 0.29) is 5.91 Å². The van der Waals surface area contributed by atoms with Crippen LogP contribution >= 0.6 is 0 Å². The zero-order valence-corrected chi connectivity index (χ0v) is 37.0. The van der Waals surface area contributed by atoms with E-state index in [0.717, 1.165) is 33.6 Å². The van der Waals surface area contributed by atoms with Crippen molar-refractivity contribution >= 4 is 17.6 Å². The molecule has 1 amide bonds. The molecule has 340 valence electrons. The summed E-state index contributed by atoms with van der Waals surface area (Å²) in [5.74, 6) is -0.603. The average molecular weight is 894 g/mol. The summed E-state index contributed by atoms with van der Waals surface area (Å²) in [5, 5.41) is 0. The molecule has 0 N–H and O–H groups in total. The molecule has 2 aliphatic rings. The first kappa shape index (κ1) is 45.9. The first-order chi connectivity index (χ1) is 32.1. The molecule has 9 nitrogen and oxygen atoms in total. The van der Waals surface area contributed by atoms with Crippen molar-refractivity contribution in [2.45, 2.75) is 82.6 Å². The summed E-state index contributed by atoms with van der Waals surface area (Å²) in [5.41, 5.74) is 5.79. The fourth-order valence-electron chi connectivity index (χ4n) is 8.78. The van der Waals surface area contributed by atoms with Crippen molar-refractivity contribution in [3.05, 3.63) is 209 Å². The van der Waals surface area contributed by atoms with Crippen LogP contribution in [0.15, 0.2) is 170 Å². The molecule has 0 spiro atoms. The van der Waals surface area contributed by atoms with E-state index < -0.39 is 60.1 Å². The van der Waals surface area contributed by atoms with Gasteiger partial charge in [-0.15, -0.1) is 0 Å². The van der Waals surface area contributed by atoms with Crippen LogP contribution in [0.3, 0.4) is 0 Å². The molecule has 2 fully saturated rings. The van der Waals surface area contributed by atoms with Gasteiger partial charge in [0.25, 0.3) is 0 Å². The molecule has 11 heteroatoms. The van der Waals surface area contributed by atoms with Crippen LogP contribution in [0.5, 0.6) is 11.5 Å². The van der Waals surface area contributed by atoms with E-state index in [1.165, 1.54) is 31.2 Å². The quantitative estimate of drug-likeness (QED) is 0.0451. The number of methoxy groups -OCH3 is 1. The Balaban J connectivity index is 1.05. The van der Waals surface area contributed by atoms with Gasteiger partial charge in [0.2, 0.25) is 5.91 Å². The first-order valence-corrected chi connectivity index (χ1v) is 22.1. The van der Waals surface area contributed by atoms with Crippen LogP contribution in [0.4, 0.5) is 14.5 Å². The molecule has 1 unspecified atom stereocenters. The molecule has 7 atom stereocenters. The molecule has 8 rings (SSSR count). The number of hydrogen-bond acceptors (Lipinski definition) is 8. The summed E-state index contributed by atoms with van der Waals surface area (Å²) in [6, 6.07) is 46.5. The Kier molecular flexibility index (Phi) is 15.0. The minimum Gasteiger partial charge on any atom is -0.497 e. The van der Waals surface area contributed by atoms with Crippen LogP contribution in [-0.4, -0.2) is 43.4 Å². The fourth-order valence-corrected chi connectivity index (χ4v) is 8.78. The summed E-state index contributed by atoms with van der Waals surface area (Å²) in [7, 11) is 1.63. The minimum atomic E-state index is -0.678. The number of carbonyl (C=O) groups is 2. The Labute approximate surface area is 384 Å². The van der Waals surface area contributed by atoms with E-state index in [1.54, 1.807) is 36.3 Å². The molecule has 1 saturated carbocycles. The monoisotopic (exact) mass is 893 g/mol. The first-order valence-electron chi connectivity index (χ1n) is 22.1. The lowest BCUT2D eigenvalue weighted by Crippen LogP contribution is -2.55. The van der Waals surface area contributed by atoms with E-state index >= 15 is 0 Å². The molecule has 0 radical (unpaired) electrons. The minimum absolute atomic E-state index is 0.142. The van der Waals surface area contributed by atoms with E-state index in [0.29, 0.717) is 56.1 Å². The molecular formula is C55H53F2NO8. The smallest absolute Gasteiger partial charge is 0.303 e. The van der Waals surface area contributed by atoms with Crippen molar-refractivity contribution < 1.29 is 46.8 Å². The highest BCUT2D eigenvalue weighted by Gasteiger charge is 2.49. The number of benzene rings is 6. The van der Waals surface area contributed by atoms with Crippen LogP contribution in [0.1, 0.15) is 66.1 Å². The second kappa shape index (κ2) is 21.6. The predicted octanol–water partition coefficient (Wildman–Crippen LogP) is 11.2. The third-order valence-electron chi connectivity index (χ3n) is 12.1. The number of rotatable bonds is 19. The molecule has 0 aromatic heterocycles. The Morgan fingerprint density at radius 2 is 1.23 bits per heavy atom. The van der Waals surface area contributed by atoms with E-state index in [9.17, 15) is 18.4 Å². The summed E-state index contributed by atoms with van der Waals surface area (Å²) in [6.45, 7) is 6.76. The fraction of sp³-hybridized carbons (Fsp3) is 0.273. The molecule has 1 aliphatic carbocycles. The van der Waals surface area contributed by atoms with Crippen LogP contribution in [0.25, 0.3) is 0 Å². The Morgan fingerprint density at radius 3 is 1.82 bits per heavy atom. The Bertz CT molecular complexity index is 2520. The number of nitrogens with zero attached hydrogens (tertiary/aromatic N) is 1. The number of ether oxygens (including phenoxy) is 6. The van der Waals surface area contributed by atoms with Crippen molar-refractivity contribution in [3.8, 4) is 11.5 Å². The lowest BCUT2D eigenvalue weighted by Gasteiger charge is -2.48. The molecule has 6 aromatic carbocycles. The molecule has 1 aliphatic heterocycles. The van der Waals surface area contributed by atoms with Crippen molar-refractivity contribution in [1.29, 1.82) is 0 Å². The average Bonchev–Trinajstić information content (AvgIpc) is 3.33. The van der Waals surface area contributed by atoms with Crippen molar-refractivity contribution in [3.63, 3.8) is 0 Å². The van der Waals surface area contributed by atoms with Gasteiger partial charge < -0.3 is 33.3 Å². The van der Waals surface area contributed by atoms with Gasteiger partial charge >= 0.3 is 5.97 Å². The number of anilines is 1. The van der Waals surface area contributed by atoms with Crippen molar-refractivity contribution in [2.75, 3.05) is 12.0 Å². The maximum absolute atomic E-state index is 14.1. The van der Waals surface area contributed by atoms with Gasteiger partial charge in [0.05, 0.1) is 38.9 Å². The van der Waals surface area contributed by atoms with Crippen LogP contribution < -0.4 is 14.4 Å². The topological polar surface area (TPSA) is 92.8 Å². The largest absolute Gasteiger partial charge is 0.497 e. The van der Waals surface area contributed by atoms with Crippen LogP contribution in [-0.2, 0) is 48.4 Å². The summed E-state index contributed by atoms with van der Waals surface area (Å²) in [4.78, 5) is 27.8. The zero-order valence-electron chi connectivity index (χ0n) is 37.0. The normalized spacial score (nSPS) is 20.9. The molecule has 6 aromatic rings. The van der Waals surface area contributed by atoms with Gasteiger partial charge in [-0.05, 0) is 107 Å². The van der Waals surface area contributed by atoms with Gasteiger partial charge in [0, 0.05) is 19.0 Å². The van der Waals surface area contributed by atoms with Gasteiger partial charge in [0.1, 0.15) is 53.7 Å². The van der Waals surface area contributed by atoms with Gasteiger partial charge in [-0.2, -0.15) is 0 Å². The second-order valence-corrected chi connectivity index (χ2v) is 16.7. The molecule has 1 saturated heterocycles. The molecule has 0 bridgehead atoms. The molecular weight excluding hydrogens is 841 g/mol. The zero-order chi connectivity index (χ0) is 46.0. The van der Waals surface area contributed by atoms with Crippen LogP contribution in [0, 0.1) is 17.6 Å². The summed E-state index contributed by atoms with van der Waals surface area (Å²) in [6.07, 6.45) is -1.80. The standard InChI is InChI=1S/C55H53F2NO8/c1-36-32-50(53(63-33-38-10-6-4-7-11-38)54(64-34-39-12-8-5-9-13-39)52(36)62-35-40-14-26-46(61-3)27-15-40)66-47-28-18-42(19-29-47)51-48(55(60)58(51)45-24-22-44(57)23-25-45)30-31-49(65-37(2)59)41-16-20-43(56)21-17-41/h4-29,48-54H,1,30-35H2,2-3H3/t48-,49?,50-,51-,52-,53+,54+/m1/s1. The number of β-lactam (4-membered cyclic amide) rings is 1. The van der Waals surface area contributed by atoms with E-state index in [2.05, 4.69) is 6.58 Å². The highest BCUT2D eigenvalue weighted by molar-refractivity contribution is 6.03. The van der Waals surface area contributed by atoms with Crippen LogP contribution in [0.2, 0.25) is 0 Å². The lowest BCUT2D eigenvalue weighted by molar-refractivity contribution is -0.181. The number of esters is 1. The Morgan fingerprint density at radius 1 is 0.682 bits per heavy atom. The maximum Gasteiger partial charge on any atom is 0.303 e. The predicted molar refractivity (Wildman–Crippen MR) is 246 cm³/mol. The van der Waals surface area contributed by atoms with Gasteiger partial charge in [0.15, 0.2) is 0 Å². The highest BCUT2D eigenvalue weighted by Crippen LogP contribution is 2.47. The Hall–Kier alpha value is -6.66. The van der Waals surface area contributed by atoms with Gasteiger partial charge in [-0.1, -0.05) is 104 Å². The molecule has 1 heterocycles. The number of amides is 1. The maximum atomic E-state index is 14.1. The van der Waals surface area contributed by atoms with Crippen molar-refractivity contribution in [2.24, 2.45) is 5.92 Å². The van der Waals surface area contributed by atoms with Crippen molar-refractivity contribution in [1.82, 2.24) is 0 Å². The SMILES string of the molecule is C=C1C[C@@H](Oc2ccc([C@@H]3[C@@H](CCC(OC(C)=O)c4ccc(F)cc4)C(=O)N3c3ccc(F)cc3)cc2)[C@H](OCc2ccccc2)[C@@H](OCc2ccccc2)[C@@H]1OCc1ccc(OC)cc1. The number of halogens is 2. The summed E-state index contributed by atoms with van der Waals surface area (Å²) < 4.78 is 66.0. The lowest BCUT2D eigenvalue weighted by atomic mass is 9.78. The summed E-state index contributed by atoms with van der Waals surface area (Å²) >= 11 is 0. The second-order valence-electron chi connectivity index (χ2n) is 16.7. The van der Waals surface area contributed by atoms with E-state index in [4.69, 9.17) is 28.4 Å².